The van der Waals surface area contributed by atoms with Crippen molar-refractivity contribution in [1.82, 2.24) is 10.6 Å². The van der Waals surface area contributed by atoms with Crippen molar-refractivity contribution in [2.24, 2.45) is 0 Å². The van der Waals surface area contributed by atoms with Crippen LogP contribution in [-0.2, 0) is 25.7 Å². The Labute approximate surface area is 129 Å². The summed E-state index contributed by atoms with van der Waals surface area (Å²) >= 11 is 0. The lowest BCUT2D eigenvalue weighted by Crippen LogP contribution is -2.46. The summed E-state index contributed by atoms with van der Waals surface area (Å²) < 4.78 is 9.67. The fourth-order valence-corrected chi connectivity index (χ4v) is 1.53. The third kappa shape index (κ3) is 6.74. The van der Waals surface area contributed by atoms with Gasteiger partial charge in [0, 0.05) is 0 Å². The largest absolute Gasteiger partial charge is 0.465 e. The Morgan fingerprint density at radius 3 is 2.45 bits per heavy atom. The van der Waals surface area contributed by atoms with Gasteiger partial charge >= 0.3 is 12.1 Å². The summed E-state index contributed by atoms with van der Waals surface area (Å²) in [5, 5.41) is 4.74. The van der Waals surface area contributed by atoms with Gasteiger partial charge in [-0.05, 0) is 19.4 Å². The van der Waals surface area contributed by atoms with E-state index in [1.54, 1.807) is 6.92 Å². The zero-order valence-electron chi connectivity index (χ0n) is 12.6. The molecule has 0 heterocycles. The van der Waals surface area contributed by atoms with Gasteiger partial charge in [0.15, 0.2) is 0 Å². The van der Waals surface area contributed by atoms with Gasteiger partial charge in [-0.2, -0.15) is 0 Å². The van der Waals surface area contributed by atoms with Gasteiger partial charge < -0.3 is 20.1 Å². The molecule has 1 aromatic rings. The van der Waals surface area contributed by atoms with E-state index in [0.29, 0.717) is 0 Å². The standard InChI is InChI=1S/C15H20N2O5/c1-3-21-13(18)9-16-14(19)11(2)17-15(20)22-10-12-7-5-4-6-8-12/h4-8,11H,3,9-10H2,1-2H3,(H,16,19)(H,17,20). The maximum Gasteiger partial charge on any atom is 0.408 e. The van der Waals surface area contributed by atoms with Crippen LogP contribution < -0.4 is 10.6 Å². The fraction of sp³-hybridized carbons (Fsp3) is 0.400. The average Bonchev–Trinajstić information content (AvgIpc) is 2.52. The second-order valence-corrected chi connectivity index (χ2v) is 4.45. The number of amides is 2. The van der Waals surface area contributed by atoms with Gasteiger partial charge in [-0.1, -0.05) is 30.3 Å². The van der Waals surface area contributed by atoms with Crippen LogP contribution in [-0.4, -0.2) is 37.2 Å². The summed E-state index contributed by atoms with van der Waals surface area (Å²) in [5.41, 5.74) is 0.845. The van der Waals surface area contributed by atoms with Crippen LogP contribution in [0.15, 0.2) is 30.3 Å². The first-order valence-corrected chi connectivity index (χ1v) is 6.93. The number of alkyl carbamates (subject to hydrolysis) is 1. The molecule has 0 fully saturated rings. The van der Waals surface area contributed by atoms with Crippen molar-refractivity contribution < 1.29 is 23.9 Å². The molecule has 2 amide bonds. The van der Waals surface area contributed by atoms with Gasteiger partial charge in [0.1, 0.15) is 19.2 Å². The second-order valence-electron chi connectivity index (χ2n) is 4.45. The summed E-state index contributed by atoms with van der Waals surface area (Å²) in [6, 6.07) is 8.35. The fourth-order valence-electron chi connectivity index (χ4n) is 1.53. The molecule has 0 aliphatic rings. The van der Waals surface area contributed by atoms with Crippen molar-refractivity contribution in [3.05, 3.63) is 35.9 Å². The molecule has 7 heteroatoms. The maximum absolute atomic E-state index is 11.7. The van der Waals surface area contributed by atoms with Gasteiger partial charge in [0.2, 0.25) is 5.91 Å². The highest BCUT2D eigenvalue weighted by molar-refractivity contribution is 5.87. The van der Waals surface area contributed by atoms with Crippen LogP contribution >= 0.6 is 0 Å². The Kier molecular flexibility index (Phi) is 7.45. The number of ether oxygens (including phenoxy) is 2. The third-order valence-electron chi connectivity index (χ3n) is 2.65. The number of hydrogen-bond donors (Lipinski definition) is 2. The quantitative estimate of drug-likeness (QED) is 0.732. The molecule has 7 nitrogen and oxygen atoms in total. The highest BCUT2D eigenvalue weighted by Crippen LogP contribution is 2.00. The molecule has 0 saturated heterocycles. The lowest BCUT2D eigenvalue weighted by Gasteiger charge is -2.14. The monoisotopic (exact) mass is 308 g/mol. The molecule has 1 atom stereocenters. The van der Waals surface area contributed by atoms with E-state index >= 15 is 0 Å². The highest BCUT2D eigenvalue weighted by atomic mass is 16.5. The Balaban J connectivity index is 2.28. The summed E-state index contributed by atoms with van der Waals surface area (Å²) in [6.45, 7) is 3.28. The smallest absolute Gasteiger partial charge is 0.408 e. The molecule has 0 radical (unpaired) electrons. The highest BCUT2D eigenvalue weighted by Gasteiger charge is 2.17. The normalized spacial score (nSPS) is 11.2. The average molecular weight is 308 g/mol. The predicted molar refractivity (Wildman–Crippen MR) is 78.9 cm³/mol. The van der Waals surface area contributed by atoms with Gasteiger partial charge in [-0.15, -0.1) is 0 Å². The molecule has 0 bridgehead atoms. The number of carbonyl (C=O) groups excluding carboxylic acids is 3. The number of esters is 1. The number of benzene rings is 1. The van der Waals surface area contributed by atoms with Gasteiger partial charge in [-0.3, -0.25) is 9.59 Å². The SMILES string of the molecule is CCOC(=O)CNC(=O)C(C)NC(=O)OCc1ccccc1. The van der Waals surface area contributed by atoms with Crippen molar-refractivity contribution in [1.29, 1.82) is 0 Å². The Bertz CT molecular complexity index is 504. The summed E-state index contributed by atoms with van der Waals surface area (Å²) in [5.74, 6) is -1.03. The van der Waals surface area contributed by atoms with Gasteiger partial charge in [0.05, 0.1) is 6.61 Å². The van der Waals surface area contributed by atoms with Crippen molar-refractivity contribution >= 4 is 18.0 Å². The van der Waals surface area contributed by atoms with E-state index < -0.39 is 24.0 Å². The Morgan fingerprint density at radius 2 is 1.82 bits per heavy atom. The summed E-state index contributed by atoms with van der Waals surface area (Å²) in [6.07, 6.45) is -0.706. The molecule has 120 valence electrons. The molecule has 1 aromatic carbocycles. The number of hydrogen-bond acceptors (Lipinski definition) is 5. The molecular formula is C15H20N2O5. The molecule has 1 unspecified atom stereocenters. The van der Waals surface area contributed by atoms with Crippen LogP contribution in [0.2, 0.25) is 0 Å². The summed E-state index contributed by atoms with van der Waals surface area (Å²) in [4.78, 5) is 34.3. The van der Waals surface area contributed by atoms with Crippen molar-refractivity contribution in [2.45, 2.75) is 26.5 Å². The molecular weight excluding hydrogens is 288 g/mol. The minimum Gasteiger partial charge on any atom is -0.465 e. The first kappa shape index (κ1) is 17.5. The van der Waals surface area contributed by atoms with E-state index in [9.17, 15) is 14.4 Å². The molecule has 1 rings (SSSR count). The molecule has 22 heavy (non-hydrogen) atoms. The number of carbonyl (C=O) groups is 3. The summed E-state index contributed by atoms with van der Waals surface area (Å²) in [7, 11) is 0. The lowest BCUT2D eigenvalue weighted by atomic mass is 10.2. The zero-order valence-corrected chi connectivity index (χ0v) is 12.6. The number of rotatable bonds is 7. The van der Waals surface area contributed by atoms with E-state index in [0.717, 1.165) is 5.56 Å². The van der Waals surface area contributed by atoms with E-state index in [-0.39, 0.29) is 19.8 Å². The minimum absolute atomic E-state index is 0.115. The second kappa shape index (κ2) is 9.38. The molecule has 2 N–H and O–H groups in total. The van der Waals surface area contributed by atoms with Gasteiger partial charge in [-0.25, -0.2) is 4.79 Å². The molecule has 0 aromatic heterocycles. The lowest BCUT2D eigenvalue weighted by molar-refractivity contribution is -0.143. The topological polar surface area (TPSA) is 93.7 Å². The van der Waals surface area contributed by atoms with Crippen LogP contribution in [0.3, 0.4) is 0 Å². The van der Waals surface area contributed by atoms with E-state index in [4.69, 9.17) is 4.74 Å². The Morgan fingerprint density at radius 1 is 1.14 bits per heavy atom. The molecule has 0 saturated carbocycles. The van der Waals surface area contributed by atoms with E-state index in [1.165, 1.54) is 6.92 Å². The maximum atomic E-state index is 11.7. The van der Waals surface area contributed by atoms with Crippen LogP contribution in [0.5, 0.6) is 0 Å². The van der Waals surface area contributed by atoms with Crippen LogP contribution in [0.4, 0.5) is 4.79 Å². The van der Waals surface area contributed by atoms with E-state index in [2.05, 4.69) is 15.4 Å². The van der Waals surface area contributed by atoms with Crippen molar-refractivity contribution in [3.8, 4) is 0 Å². The zero-order chi connectivity index (χ0) is 16.4. The van der Waals surface area contributed by atoms with Crippen LogP contribution in [0.1, 0.15) is 19.4 Å². The molecule has 0 spiro atoms. The first-order chi connectivity index (χ1) is 10.5. The van der Waals surface area contributed by atoms with Crippen molar-refractivity contribution in [2.75, 3.05) is 13.2 Å². The minimum atomic E-state index is -0.822. The van der Waals surface area contributed by atoms with Crippen LogP contribution in [0, 0.1) is 0 Å². The van der Waals surface area contributed by atoms with Crippen molar-refractivity contribution in [3.63, 3.8) is 0 Å². The molecule has 0 aliphatic heterocycles. The third-order valence-corrected chi connectivity index (χ3v) is 2.65. The Hall–Kier alpha value is -2.57. The first-order valence-electron chi connectivity index (χ1n) is 6.93. The van der Waals surface area contributed by atoms with E-state index in [1.807, 2.05) is 30.3 Å². The number of nitrogens with one attached hydrogen (secondary N) is 2. The molecule has 0 aliphatic carbocycles. The van der Waals surface area contributed by atoms with Crippen LogP contribution in [0.25, 0.3) is 0 Å². The predicted octanol–water partition coefficient (Wildman–Crippen LogP) is 0.981. The van der Waals surface area contributed by atoms with Gasteiger partial charge in [0.25, 0.3) is 0 Å².